The molecule has 1 saturated heterocycles. The maximum Gasteiger partial charge on any atom is 0.0522 e. The molecule has 5 heteroatoms. The minimum absolute atomic E-state index is 0.573. The normalized spacial score (nSPS) is 23.2. The van der Waals surface area contributed by atoms with E-state index in [1.54, 1.807) is 11.3 Å². The van der Waals surface area contributed by atoms with Gasteiger partial charge >= 0.3 is 0 Å². The summed E-state index contributed by atoms with van der Waals surface area (Å²) < 4.78 is 1.90. The average Bonchev–Trinajstić information content (AvgIpc) is 3.14. The van der Waals surface area contributed by atoms with Crippen LogP contribution in [0.2, 0.25) is 0 Å². The molecule has 21 heavy (non-hydrogen) atoms. The number of aryl methyl sites for hydroxylation is 1. The molecule has 1 fully saturated rings. The summed E-state index contributed by atoms with van der Waals surface area (Å²) in [6, 6.07) is 3.45. The van der Waals surface area contributed by atoms with E-state index in [9.17, 15) is 0 Å². The van der Waals surface area contributed by atoms with Crippen LogP contribution >= 0.6 is 11.3 Å². The van der Waals surface area contributed by atoms with Gasteiger partial charge < -0.3 is 4.90 Å². The lowest BCUT2D eigenvalue weighted by Crippen LogP contribution is -2.43. The van der Waals surface area contributed by atoms with Crippen LogP contribution in [0.25, 0.3) is 0 Å². The van der Waals surface area contributed by atoms with E-state index in [4.69, 9.17) is 0 Å². The van der Waals surface area contributed by atoms with Crippen molar-refractivity contribution in [3.8, 4) is 0 Å². The second kappa shape index (κ2) is 6.30. The van der Waals surface area contributed by atoms with Crippen molar-refractivity contribution >= 4 is 11.3 Å². The summed E-state index contributed by atoms with van der Waals surface area (Å²) in [5, 5.41) is 8.76. The molecule has 0 amide bonds. The van der Waals surface area contributed by atoms with Crippen molar-refractivity contribution in [3.63, 3.8) is 0 Å². The van der Waals surface area contributed by atoms with Gasteiger partial charge in [-0.2, -0.15) is 16.4 Å². The third kappa shape index (κ3) is 3.36. The Bertz CT molecular complexity index is 561. The number of hydrogen-bond acceptors (Lipinski definition) is 4. The highest BCUT2D eigenvalue weighted by Gasteiger charge is 2.35. The van der Waals surface area contributed by atoms with Gasteiger partial charge in [0.2, 0.25) is 0 Å². The molecule has 1 aliphatic heterocycles. The highest BCUT2D eigenvalue weighted by Crippen LogP contribution is 2.27. The third-order valence-electron chi connectivity index (χ3n) is 4.46. The van der Waals surface area contributed by atoms with Crippen molar-refractivity contribution in [1.82, 2.24) is 19.6 Å². The fourth-order valence-corrected chi connectivity index (χ4v) is 4.06. The van der Waals surface area contributed by atoms with E-state index in [0.29, 0.717) is 12.1 Å². The van der Waals surface area contributed by atoms with Gasteiger partial charge in [0, 0.05) is 38.4 Å². The highest BCUT2D eigenvalue weighted by atomic mass is 32.1. The first-order chi connectivity index (χ1) is 10.1. The molecular formula is C16H24N4S. The summed E-state index contributed by atoms with van der Waals surface area (Å²) >= 11 is 1.79. The maximum absolute atomic E-state index is 4.32. The smallest absolute Gasteiger partial charge is 0.0522 e. The molecule has 0 N–H and O–H groups in total. The Kier molecular flexibility index (Phi) is 4.42. The molecule has 2 aromatic heterocycles. The molecule has 1 aliphatic rings. The zero-order valence-electron chi connectivity index (χ0n) is 13.1. The van der Waals surface area contributed by atoms with E-state index < -0.39 is 0 Å². The Hall–Kier alpha value is -1.17. The van der Waals surface area contributed by atoms with E-state index >= 15 is 0 Å². The molecule has 3 rings (SSSR count). The van der Waals surface area contributed by atoms with Gasteiger partial charge in [-0.3, -0.25) is 9.58 Å². The summed E-state index contributed by atoms with van der Waals surface area (Å²) in [5.74, 6) is 0. The van der Waals surface area contributed by atoms with Crippen LogP contribution in [-0.2, 0) is 20.0 Å². The summed E-state index contributed by atoms with van der Waals surface area (Å²) in [6.07, 6.45) is 6.49. The Morgan fingerprint density at radius 1 is 1.38 bits per heavy atom. The molecule has 0 aliphatic carbocycles. The molecule has 3 heterocycles. The number of thiophene rings is 1. The summed E-state index contributed by atoms with van der Waals surface area (Å²) in [6.45, 7) is 2.25. The van der Waals surface area contributed by atoms with Crippen LogP contribution < -0.4 is 0 Å². The quantitative estimate of drug-likeness (QED) is 0.846. The van der Waals surface area contributed by atoms with Gasteiger partial charge in [0.25, 0.3) is 0 Å². The fraction of sp³-hybridized carbons (Fsp3) is 0.562. The monoisotopic (exact) mass is 304 g/mol. The van der Waals surface area contributed by atoms with Crippen molar-refractivity contribution in [2.45, 2.75) is 31.5 Å². The topological polar surface area (TPSA) is 24.3 Å². The molecule has 2 aromatic rings. The third-order valence-corrected chi connectivity index (χ3v) is 5.19. The van der Waals surface area contributed by atoms with Gasteiger partial charge in [0.05, 0.1) is 6.20 Å². The number of hydrogen-bond donors (Lipinski definition) is 0. The number of nitrogens with zero attached hydrogens (tertiary/aromatic N) is 4. The van der Waals surface area contributed by atoms with E-state index in [1.165, 1.54) is 24.1 Å². The van der Waals surface area contributed by atoms with Crippen LogP contribution in [-0.4, -0.2) is 52.3 Å². The predicted molar refractivity (Wildman–Crippen MR) is 87.5 cm³/mol. The standard InChI is InChI=1S/C16H24N4S/c1-18(2)15-4-6-20(11-13-5-7-21-12-13)16(15)8-14-9-17-19(3)10-14/h5,7,9-10,12,15-16H,4,6,8,11H2,1-3H3/t15-,16+/m1/s1. The van der Waals surface area contributed by atoms with Crippen LogP contribution in [0.3, 0.4) is 0 Å². The lowest BCUT2D eigenvalue weighted by Gasteiger charge is -2.31. The van der Waals surface area contributed by atoms with Crippen molar-refractivity contribution in [3.05, 3.63) is 40.3 Å². The SMILES string of the molecule is CN(C)[C@@H]1CCN(Cc2ccsc2)[C@H]1Cc1cnn(C)c1. The lowest BCUT2D eigenvalue weighted by molar-refractivity contribution is 0.178. The van der Waals surface area contributed by atoms with Gasteiger partial charge in [0.1, 0.15) is 0 Å². The Balaban J connectivity index is 1.75. The highest BCUT2D eigenvalue weighted by molar-refractivity contribution is 7.07. The molecule has 0 spiro atoms. The van der Waals surface area contributed by atoms with Gasteiger partial charge in [-0.1, -0.05) is 0 Å². The largest absolute Gasteiger partial charge is 0.305 e. The lowest BCUT2D eigenvalue weighted by atomic mass is 10.0. The number of likely N-dealkylation sites (tertiary alicyclic amines) is 1. The van der Waals surface area contributed by atoms with E-state index in [1.807, 2.05) is 17.9 Å². The molecule has 0 unspecified atom stereocenters. The second-order valence-corrected chi connectivity index (χ2v) is 7.00. The maximum atomic E-state index is 4.32. The number of aromatic nitrogens is 2. The molecule has 0 bridgehead atoms. The summed E-state index contributed by atoms with van der Waals surface area (Å²) in [7, 11) is 6.40. The molecule has 0 saturated carbocycles. The predicted octanol–water partition coefficient (Wildman–Crippen LogP) is 2.23. The van der Waals surface area contributed by atoms with Crippen molar-refractivity contribution < 1.29 is 0 Å². The molecule has 114 valence electrons. The molecule has 4 nitrogen and oxygen atoms in total. The van der Waals surface area contributed by atoms with Crippen LogP contribution in [0.1, 0.15) is 17.5 Å². The first-order valence-electron chi connectivity index (χ1n) is 7.52. The number of likely N-dealkylation sites (N-methyl/N-ethyl adjacent to an activating group) is 1. The second-order valence-electron chi connectivity index (χ2n) is 6.22. The first kappa shape index (κ1) is 14.8. The van der Waals surface area contributed by atoms with Crippen molar-refractivity contribution in [1.29, 1.82) is 0 Å². The summed E-state index contributed by atoms with van der Waals surface area (Å²) in [4.78, 5) is 5.02. The van der Waals surface area contributed by atoms with E-state index in [-0.39, 0.29) is 0 Å². The van der Waals surface area contributed by atoms with Crippen molar-refractivity contribution in [2.75, 3.05) is 20.6 Å². The van der Waals surface area contributed by atoms with Gasteiger partial charge in [0.15, 0.2) is 0 Å². The minimum Gasteiger partial charge on any atom is -0.305 e. The Morgan fingerprint density at radius 3 is 2.86 bits per heavy atom. The van der Waals surface area contributed by atoms with Crippen molar-refractivity contribution in [2.24, 2.45) is 7.05 Å². The molecule has 2 atom stereocenters. The van der Waals surface area contributed by atoms with Crippen LogP contribution in [0.4, 0.5) is 0 Å². The van der Waals surface area contributed by atoms with Gasteiger partial charge in [-0.15, -0.1) is 0 Å². The molecular weight excluding hydrogens is 280 g/mol. The van der Waals surface area contributed by atoms with Crippen LogP contribution in [0.15, 0.2) is 29.2 Å². The van der Waals surface area contributed by atoms with Gasteiger partial charge in [-0.25, -0.2) is 0 Å². The Labute approximate surface area is 131 Å². The molecule has 0 aromatic carbocycles. The van der Waals surface area contributed by atoms with E-state index in [0.717, 1.165) is 13.0 Å². The van der Waals surface area contributed by atoms with Crippen LogP contribution in [0.5, 0.6) is 0 Å². The van der Waals surface area contributed by atoms with E-state index in [2.05, 4.69) is 52.0 Å². The molecule has 0 radical (unpaired) electrons. The van der Waals surface area contributed by atoms with Gasteiger partial charge in [-0.05, 0) is 54.9 Å². The average molecular weight is 304 g/mol. The number of rotatable bonds is 5. The minimum atomic E-state index is 0.573. The Morgan fingerprint density at radius 2 is 2.24 bits per heavy atom. The summed E-state index contributed by atoms with van der Waals surface area (Å²) in [5.41, 5.74) is 2.78. The first-order valence-corrected chi connectivity index (χ1v) is 8.47. The van der Waals surface area contributed by atoms with Crippen LogP contribution in [0, 0.1) is 0 Å². The zero-order chi connectivity index (χ0) is 14.8. The zero-order valence-corrected chi connectivity index (χ0v) is 13.9. The fourth-order valence-electron chi connectivity index (χ4n) is 3.40.